The number of hydrogen-bond acceptors (Lipinski definition) is 6. The normalized spacial score (nSPS) is 16.1. The van der Waals surface area contributed by atoms with Crippen LogP contribution in [0.5, 0.6) is 0 Å². The molecule has 1 fully saturated rings. The lowest BCUT2D eigenvalue weighted by Crippen LogP contribution is -2.38. The Morgan fingerprint density at radius 3 is 2.70 bits per heavy atom. The van der Waals surface area contributed by atoms with Gasteiger partial charge in [-0.15, -0.1) is 5.10 Å². The molecule has 0 spiro atoms. The second-order valence-electron chi connectivity index (χ2n) is 6.87. The first-order valence-corrected chi connectivity index (χ1v) is 10.7. The van der Waals surface area contributed by atoms with Gasteiger partial charge in [-0.05, 0) is 24.5 Å². The summed E-state index contributed by atoms with van der Waals surface area (Å²) in [4.78, 5) is 17.7. The summed E-state index contributed by atoms with van der Waals surface area (Å²) in [6.45, 7) is 1.17. The van der Waals surface area contributed by atoms with E-state index in [1.54, 1.807) is 0 Å². The van der Waals surface area contributed by atoms with Crippen LogP contribution in [0.25, 0.3) is 10.9 Å². The molecule has 1 amide bonds. The van der Waals surface area contributed by atoms with Crippen LogP contribution in [0, 0.1) is 0 Å². The first kappa shape index (κ1) is 17.7. The molecule has 0 saturated carbocycles. The molecule has 0 unspecified atom stereocenters. The predicted octanol–water partition coefficient (Wildman–Crippen LogP) is 1.90. The van der Waals surface area contributed by atoms with E-state index in [1.165, 1.54) is 0 Å². The van der Waals surface area contributed by atoms with Crippen molar-refractivity contribution >= 4 is 26.6 Å². The van der Waals surface area contributed by atoms with E-state index < -0.39 is 9.84 Å². The molecule has 2 aromatic heterocycles. The summed E-state index contributed by atoms with van der Waals surface area (Å²) < 4.78 is 28.2. The van der Waals surface area contributed by atoms with Gasteiger partial charge in [-0.25, -0.2) is 8.42 Å². The van der Waals surface area contributed by atoms with E-state index in [0.29, 0.717) is 38.2 Å². The van der Waals surface area contributed by atoms with Gasteiger partial charge in [0.05, 0.1) is 6.42 Å². The smallest absolute Gasteiger partial charge is 0.335 e. The second-order valence-corrected chi connectivity index (χ2v) is 8.76. The second kappa shape index (κ2) is 6.80. The molecule has 1 aromatic carbocycles. The monoisotopic (exact) mass is 388 g/mol. The molecule has 1 saturated heterocycles. The Balaban J connectivity index is 1.39. The molecule has 3 aromatic rings. The maximum atomic E-state index is 12.7. The number of carbonyl (C=O) groups is 1. The van der Waals surface area contributed by atoms with Gasteiger partial charge >= 0.3 is 5.22 Å². The fourth-order valence-electron chi connectivity index (χ4n) is 3.46. The Hall–Kier alpha value is -2.68. The first-order valence-electron chi connectivity index (χ1n) is 8.78. The lowest BCUT2D eigenvalue weighted by Gasteiger charge is -2.30. The van der Waals surface area contributed by atoms with Crippen LogP contribution in [0.1, 0.15) is 30.2 Å². The van der Waals surface area contributed by atoms with Crippen molar-refractivity contribution in [3.63, 3.8) is 0 Å². The van der Waals surface area contributed by atoms with Crippen LogP contribution in [-0.4, -0.2) is 53.8 Å². The van der Waals surface area contributed by atoms with Gasteiger partial charge in [0.25, 0.3) is 0 Å². The Morgan fingerprint density at radius 1 is 1.26 bits per heavy atom. The molecule has 9 heteroatoms. The molecule has 4 rings (SSSR count). The van der Waals surface area contributed by atoms with Gasteiger partial charge in [0.1, 0.15) is 0 Å². The zero-order valence-corrected chi connectivity index (χ0v) is 15.7. The van der Waals surface area contributed by atoms with Crippen LogP contribution in [-0.2, 0) is 21.1 Å². The number of para-hydroxylation sites is 1. The highest BCUT2D eigenvalue weighted by molar-refractivity contribution is 7.90. The fourth-order valence-corrected chi connectivity index (χ4v) is 3.89. The van der Waals surface area contributed by atoms with Gasteiger partial charge < -0.3 is 14.3 Å². The largest absolute Gasteiger partial charge is 0.412 e. The van der Waals surface area contributed by atoms with Crippen molar-refractivity contribution in [1.82, 2.24) is 20.1 Å². The van der Waals surface area contributed by atoms with Crippen molar-refractivity contribution < 1.29 is 17.6 Å². The Kier molecular flexibility index (Phi) is 4.47. The Bertz CT molecular complexity index is 1080. The molecule has 3 heterocycles. The molecule has 27 heavy (non-hydrogen) atoms. The number of piperidine rings is 1. The minimum absolute atomic E-state index is 0.0230. The van der Waals surface area contributed by atoms with Crippen molar-refractivity contribution in [2.75, 3.05) is 19.3 Å². The molecule has 142 valence electrons. The number of hydrogen-bond donors (Lipinski definition) is 1. The summed E-state index contributed by atoms with van der Waals surface area (Å²) in [7, 11) is -3.50. The van der Waals surface area contributed by atoms with Gasteiger partial charge in [-0.2, -0.15) is 0 Å². The van der Waals surface area contributed by atoms with Gasteiger partial charge in [-0.3, -0.25) is 4.79 Å². The highest BCUT2D eigenvalue weighted by atomic mass is 32.2. The summed E-state index contributed by atoms with van der Waals surface area (Å²) in [6, 6.07) is 7.92. The van der Waals surface area contributed by atoms with Gasteiger partial charge in [0, 0.05) is 42.4 Å². The van der Waals surface area contributed by atoms with Gasteiger partial charge in [0.2, 0.25) is 21.6 Å². The number of carbonyl (C=O) groups excluding carboxylic acids is 1. The Morgan fingerprint density at radius 2 is 2.00 bits per heavy atom. The number of H-pyrrole nitrogens is 1. The number of nitrogens with one attached hydrogen (secondary N) is 1. The number of likely N-dealkylation sites (tertiary alicyclic amines) is 1. The van der Waals surface area contributed by atoms with Crippen molar-refractivity contribution in [1.29, 1.82) is 0 Å². The topological polar surface area (TPSA) is 109 Å². The number of amides is 1. The number of rotatable bonds is 4. The number of benzene rings is 1. The maximum Gasteiger partial charge on any atom is 0.335 e. The third kappa shape index (κ3) is 3.59. The standard InChI is InChI=1S/C18H20N4O4S/c1-27(24,25)18-21-20-17(26-18)12-6-8-22(9-7-12)16(23)10-13-11-19-15-5-3-2-4-14(13)15/h2-5,11-12,19H,6-10H2,1H3. The molecule has 1 aliphatic rings. The molecule has 0 radical (unpaired) electrons. The lowest BCUT2D eigenvalue weighted by atomic mass is 9.96. The maximum absolute atomic E-state index is 12.7. The summed E-state index contributed by atoms with van der Waals surface area (Å²) in [6.07, 6.45) is 4.63. The average Bonchev–Trinajstić information content (AvgIpc) is 3.30. The minimum atomic E-state index is -3.50. The van der Waals surface area contributed by atoms with Crippen molar-refractivity contribution in [3.05, 3.63) is 41.9 Å². The number of nitrogens with zero attached hydrogens (tertiary/aromatic N) is 3. The zero-order chi connectivity index (χ0) is 19.0. The molecule has 0 aliphatic carbocycles. The predicted molar refractivity (Wildman–Crippen MR) is 98.0 cm³/mol. The third-order valence-corrected chi connectivity index (χ3v) is 5.75. The van der Waals surface area contributed by atoms with Crippen LogP contribution in [0.4, 0.5) is 0 Å². The van der Waals surface area contributed by atoms with Crippen LogP contribution in [0.15, 0.2) is 40.1 Å². The summed E-state index contributed by atoms with van der Waals surface area (Å²) in [5, 5.41) is 8.19. The van der Waals surface area contributed by atoms with Crippen LogP contribution in [0.2, 0.25) is 0 Å². The van der Waals surface area contributed by atoms with E-state index in [2.05, 4.69) is 15.2 Å². The molecule has 1 aliphatic heterocycles. The van der Waals surface area contributed by atoms with E-state index in [9.17, 15) is 13.2 Å². The quantitative estimate of drug-likeness (QED) is 0.731. The fraction of sp³-hybridized carbons (Fsp3) is 0.389. The van der Waals surface area contributed by atoms with Crippen molar-refractivity contribution in [2.45, 2.75) is 30.4 Å². The lowest BCUT2D eigenvalue weighted by molar-refractivity contribution is -0.131. The number of fused-ring (bicyclic) bond motifs is 1. The summed E-state index contributed by atoms with van der Waals surface area (Å²) in [5.74, 6) is 0.393. The molecule has 0 atom stereocenters. The van der Waals surface area contributed by atoms with Gasteiger partial charge in [-0.1, -0.05) is 23.3 Å². The van der Waals surface area contributed by atoms with E-state index in [4.69, 9.17) is 4.42 Å². The number of aromatic amines is 1. The Labute approximate surface area is 156 Å². The number of sulfone groups is 1. The molecular formula is C18H20N4O4S. The van der Waals surface area contributed by atoms with E-state index >= 15 is 0 Å². The van der Waals surface area contributed by atoms with Crippen molar-refractivity contribution in [2.24, 2.45) is 0 Å². The van der Waals surface area contributed by atoms with E-state index in [-0.39, 0.29) is 17.0 Å². The first-order chi connectivity index (χ1) is 12.9. The highest BCUT2D eigenvalue weighted by Crippen LogP contribution is 2.28. The third-order valence-electron chi connectivity index (χ3n) is 4.95. The minimum Gasteiger partial charge on any atom is -0.412 e. The number of aromatic nitrogens is 3. The van der Waals surface area contributed by atoms with Crippen LogP contribution >= 0.6 is 0 Å². The van der Waals surface area contributed by atoms with Crippen LogP contribution in [0.3, 0.4) is 0 Å². The molecular weight excluding hydrogens is 368 g/mol. The molecule has 1 N–H and O–H groups in total. The molecule has 0 bridgehead atoms. The van der Waals surface area contributed by atoms with Crippen LogP contribution < -0.4 is 0 Å². The van der Waals surface area contributed by atoms with E-state index in [1.807, 2.05) is 35.4 Å². The zero-order valence-electron chi connectivity index (χ0n) is 14.9. The summed E-state index contributed by atoms with van der Waals surface area (Å²) >= 11 is 0. The highest BCUT2D eigenvalue weighted by Gasteiger charge is 2.29. The average molecular weight is 388 g/mol. The van der Waals surface area contributed by atoms with Crippen molar-refractivity contribution in [3.8, 4) is 0 Å². The summed E-state index contributed by atoms with van der Waals surface area (Å²) in [5.41, 5.74) is 2.02. The van der Waals surface area contributed by atoms with Gasteiger partial charge in [0.15, 0.2) is 0 Å². The van der Waals surface area contributed by atoms with E-state index in [0.717, 1.165) is 22.7 Å². The molecule has 8 nitrogen and oxygen atoms in total. The SMILES string of the molecule is CS(=O)(=O)c1nnc(C2CCN(C(=O)Cc3c[nH]c4ccccc34)CC2)o1.